The maximum Gasteiger partial charge on any atom is 0.164 e. The summed E-state index contributed by atoms with van der Waals surface area (Å²) in [5, 5.41) is 2.08. The highest BCUT2D eigenvalue weighted by Crippen LogP contribution is 2.36. The lowest BCUT2D eigenvalue weighted by molar-refractivity contribution is 0.669. The van der Waals surface area contributed by atoms with Gasteiger partial charge in [0, 0.05) is 27.5 Å². The second kappa shape index (κ2) is 12.2. The molecule has 0 bridgehead atoms. The van der Waals surface area contributed by atoms with Gasteiger partial charge in [-0.3, -0.25) is 0 Å². The van der Waals surface area contributed by atoms with Crippen molar-refractivity contribution in [2.45, 2.75) is 0 Å². The summed E-state index contributed by atoms with van der Waals surface area (Å²) in [7, 11) is 0. The summed E-state index contributed by atoms with van der Waals surface area (Å²) in [6, 6.07) is 60.6. The highest BCUT2D eigenvalue weighted by Gasteiger charge is 2.15. The molecule has 0 aliphatic rings. The molecule has 0 saturated heterocycles. The van der Waals surface area contributed by atoms with Crippen LogP contribution in [-0.4, -0.2) is 15.0 Å². The zero-order chi connectivity index (χ0) is 32.6. The number of fused-ring (bicyclic) bond motifs is 3. The highest BCUT2D eigenvalue weighted by molar-refractivity contribution is 6.07. The first-order chi connectivity index (χ1) is 24.2. The molecule has 9 aromatic rings. The number of nitrogens with zero attached hydrogens (tertiary/aromatic N) is 3. The number of furan rings is 1. The fourth-order valence-electron chi connectivity index (χ4n) is 6.40. The van der Waals surface area contributed by atoms with Crippen LogP contribution in [0, 0.1) is 0 Å². The van der Waals surface area contributed by atoms with Crippen LogP contribution < -0.4 is 0 Å². The fourth-order valence-corrected chi connectivity index (χ4v) is 6.40. The Balaban J connectivity index is 1.05. The molecule has 2 aromatic heterocycles. The Hall–Kier alpha value is -6.65. The fraction of sp³-hybridized carbons (Fsp3) is 0. The van der Waals surface area contributed by atoms with Crippen molar-refractivity contribution in [3.05, 3.63) is 176 Å². The van der Waals surface area contributed by atoms with Gasteiger partial charge in [0.2, 0.25) is 0 Å². The van der Waals surface area contributed by atoms with Gasteiger partial charge < -0.3 is 4.42 Å². The van der Waals surface area contributed by atoms with Crippen molar-refractivity contribution in [1.29, 1.82) is 0 Å². The summed E-state index contributed by atoms with van der Waals surface area (Å²) >= 11 is 0. The average Bonchev–Trinajstić information content (AvgIpc) is 3.56. The number of hydrogen-bond donors (Lipinski definition) is 0. The molecule has 4 nitrogen and oxygen atoms in total. The van der Waals surface area contributed by atoms with Crippen LogP contribution >= 0.6 is 0 Å². The molecule has 0 N–H and O–H groups in total. The number of benzene rings is 7. The Morgan fingerprint density at radius 1 is 0.265 bits per heavy atom. The molecule has 0 spiro atoms. The van der Waals surface area contributed by atoms with Crippen molar-refractivity contribution in [2.75, 3.05) is 0 Å². The number of aromatic nitrogens is 3. The van der Waals surface area contributed by atoms with Gasteiger partial charge in [-0.2, -0.15) is 0 Å². The molecule has 0 amide bonds. The Morgan fingerprint density at radius 2 is 0.694 bits per heavy atom. The van der Waals surface area contributed by atoms with E-state index in [1.54, 1.807) is 0 Å². The summed E-state index contributed by atoms with van der Waals surface area (Å²) < 4.78 is 6.39. The largest absolute Gasteiger partial charge is 0.456 e. The third-order valence-corrected chi connectivity index (χ3v) is 8.95. The van der Waals surface area contributed by atoms with Crippen LogP contribution in [-0.2, 0) is 0 Å². The number of rotatable bonds is 6. The normalized spacial score (nSPS) is 11.3. The topological polar surface area (TPSA) is 51.8 Å². The molecule has 230 valence electrons. The van der Waals surface area contributed by atoms with E-state index in [1.165, 1.54) is 22.3 Å². The minimum Gasteiger partial charge on any atom is -0.456 e. The van der Waals surface area contributed by atoms with Gasteiger partial charge in [-0.15, -0.1) is 0 Å². The van der Waals surface area contributed by atoms with Crippen LogP contribution in [0.5, 0.6) is 0 Å². The SMILES string of the molecule is c1ccc(-c2cccc(-c3ccc(-c4ccc5c(c4)oc4ccc(-c6nc(-c7ccccc7)nc(-c7ccccc7)n6)cc45)cc3)c2)cc1. The third kappa shape index (κ3) is 5.56. The van der Waals surface area contributed by atoms with E-state index >= 15 is 0 Å². The summed E-state index contributed by atoms with van der Waals surface area (Å²) in [6.45, 7) is 0. The van der Waals surface area contributed by atoms with Gasteiger partial charge in [0.05, 0.1) is 0 Å². The molecule has 0 atom stereocenters. The maximum absolute atomic E-state index is 6.39. The minimum absolute atomic E-state index is 0.620. The zero-order valence-corrected chi connectivity index (χ0v) is 26.5. The molecular weight excluding hydrogens is 599 g/mol. The van der Waals surface area contributed by atoms with Gasteiger partial charge >= 0.3 is 0 Å². The molecule has 7 aromatic carbocycles. The Labute approximate surface area is 284 Å². The Morgan fingerprint density at radius 3 is 1.27 bits per heavy atom. The van der Waals surface area contributed by atoms with Crippen LogP contribution in [0.4, 0.5) is 0 Å². The minimum atomic E-state index is 0.620. The summed E-state index contributed by atoms with van der Waals surface area (Å²) in [6.07, 6.45) is 0. The van der Waals surface area contributed by atoms with Crippen molar-refractivity contribution >= 4 is 21.9 Å². The third-order valence-electron chi connectivity index (χ3n) is 8.95. The molecule has 0 unspecified atom stereocenters. The smallest absolute Gasteiger partial charge is 0.164 e. The number of hydrogen-bond acceptors (Lipinski definition) is 4. The van der Waals surface area contributed by atoms with E-state index in [4.69, 9.17) is 19.4 Å². The van der Waals surface area contributed by atoms with E-state index in [0.717, 1.165) is 49.8 Å². The lowest BCUT2D eigenvalue weighted by Gasteiger charge is -2.08. The molecule has 4 heteroatoms. The average molecular weight is 628 g/mol. The van der Waals surface area contributed by atoms with Crippen LogP contribution in [0.3, 0.4) is 0 Å². The van der Waals surface area contributed by atoms with Gasteiger partial charge in [0.15, 0.2) is 17.5 Å². The predicted octanol–water partition coefficient (Wildman–Crippen LogP) is 11.8. The van der Waals surface area contributed by atoms with Gasteiger partial charge in [-0.25, -0.2) is 15.0 Å². The van der Waals surface area contributed by atoms with Gasteiger partial charge in [0.1, 0.15) is 11.2 Å². The molecule has 9 rings (SSSR count). The second-order valence-corrected chi connectivity index (χ2v) is 12.1. The molecule has 0 radical (unpaired) electrons. The van der Waals surface area contributed by atoms with E-state index < -0.39 is 0 Å². The van der Waals surface area contributed by atoms with Gasteiger partial charge in [-0.05, 0) is 69.8 Å². The monoisotopic (exact) mass is 627 g/mol. The standard InChI is InChI=1S/C45H29N3O/c1-4-11-30(12-5-1)35-17-10-18-36(27-35)31-19-21-32(22-20-31)37-23-25-39-40-28-38(24-26-41(40)49-42(39)29-37)45-47-43(33-13-6-2-7-14-33)46-44(48-45)34-15-8-3-9-16-34/h1-29H. The van der Waals surface area contributed by atoms with Crippen molar-refractivity contribution < 1.29 is 4.42 Å². The molecule has 0 saturated carbocycles. The molecule has 0 fully saturated rings. The second-order valence-electron chi connectivity index (χ2n) is 12.1. The first-order valence-electron chi connectivity index (χ1n) is 16.4. The van der Waals surface area contributed by atoms with E-state index in [-0.39, 0.29) is 0 Å². The van der Waals surface area contributed by atoms with Crippen LogP contribution in [0.2, 0.25) is 0 Å². The van der Waals surface area contributed by atoms with Gasteiger partial charge in [-0.1, -0.05) is 140 Å². The van der Waals surface area contributed by atoms with E-state index in [2.05, 4.69) is 97.1 Å². The zero-order valence-electron chi connectivity index (χ0n) is 26.5. The first kappa shape index (κ1) is 28.6. The van der Waals surface area contributed by atoms with E-state index in [1.807, 2.05) is 78.9 Å². The Kier molecular flexibility index (Phi) is 7.10. The first-order valence-corrected chi connectivity index (χ1v) is 16.4. The summed E-state index contributed by atoms with van der Waals surface area (Å²) in [5.74, 6) is 1.90. The van der Waals surface area contributed by atoms with E-state index in [0.29, 0.717) is 17.5 Å². The molecular formula is C45H29N3O. The van der Waals surface area contributed by atoms with Gasteiger partial charge in [0.25, 0.3) is 0 Å². The molecule has 2 heterocycles. The van der Waals surface area contributed by atoms with Crippen molar-refractivity contribution in [1.82, 2.24) is 15.0 Å². The lowest BCUT2D eigenvalue weighted by Crippen LogP contribution is -2.00. The summed E-state index contributed by atoms with van der Waals surface area (Å²) in [5.41, 5.74) is 11.5. The van der Waals surface area contributed by atoms with Crippen molar-refractivity contribution in [3.63, 3.8) is 0 Å². The summed E-state index contributed by atoms with van der Waals surface area (Å²) in [4.78, 5) is 14.7. The van der Waals surface area contributed by atoms with Crippen LogP contribution in [0.15, 0.2) is 180 Å². The molecule has 0 aliphatic heterocycles. The van der Waals surface area contributed by atoms with Crippen LogP contribution in [0.1, 0.15) is 0 Å². The Bertz CT molecular complexity index is 2520. The quantitative estimate of drug-likeness (QED) is 0.184. The van der Waals surface area contributed by atoms with Crippen molar-refractivity contribution in [2.24, 2.45) is 0 Å². The maximum atomic E-state index is 6.39. The lowest BCUT2D eigenvalue weighted by atomic mass is 9.97. The van der Waals surface area contributed by atoms with E-state index in [9.17, 15) is 0 Å². The predicted molar refractivity (Wildman–Crippen MR) is 200 cm³/mol. The molecule has 49 heavy (non-hydrogen) atoms. The highest BCUT2D eigenvalue weighted by atomic mass is 16.3. The van der Waals surface area contributed by atoms with Crippen molar-refractivity contribution in [3.8, 4) is 67.5 Å². The molecule has 0 aliphatic carbocycles. The van der Waals surface area contributed by atoms with Crippen LogP contribution in [0.25, 0.3) is 89.5 Å².